The molecule has 0 unspecified atom stereocenters. The number of nitrogens with zero attached hydrogens (tertiary/aromatic N) is 2. The van der Waals surface area contributed by atoms with Crippen molar-refractivity contribution in [1.29, 1.82) is 0 Å². The molecule has 1 amide bonds. The van der Waals surface area contributed by atoms with Crippen molar-refractivity contribution in [3.05, 3.63) is 86.6 Å². The van der Waals surface area contributed by atoms with Gasteiger partial charge in [0.15, 0.2) is 5.69 Å². The van der Waals surface area contributed by atoms with Crippen LogP contribution in [0.4, 0.5) is 20.3 Å². The monoisotopic (exact) mass is 474 g/mol. The number of nitrogens with two attached hydrogens (primary N) is 1. The average molecular weight is 475 g/mol. The number of benzene rings is 2. The van der Waals surface area contributed by atoms with Crippen LogP contribution in [0.15, 0.2) is 63.0 Å². The summed E-state index contributed by atoms with van der Waals surface area (Å²) in [5.74, 6) is -2.39. The van der Waals surface area contributed by atoms with Gasteiger partial charge in [-0.05, 0) is 23.6 Å². The molecule has 1 heterocycles. The zero-order valence-corrected chi connectivity index (χ0v) is 19.0. The molecule has 0 atom stereocenters. The van der Waals surface area contributed by atoms with Crippen molar-refractivity contribution in [3.63, 3.8) is 0 Å². The van der Waals surface area contributed by atoms with E-state index in [1.165, 1.54) is 15.5 Å². The summed E-state index contributed by atoms with van der Waals surface area (Å²) >= 11 is 0.881. The molecule has 0 aliphatic heterocycles. The minimum Gasteiger partial charge on any atom is -0.383 e. The van der Waals surface area contributed by atoms with Crippen molar-refractivity contribution in [2.24, 2.45) is 5.92 Å². The topological polar surface area (TPSA) is 101 Å². The number of aromatic nitrogens is 2. The second-order valence-corrected chi connectivity index (χ2v) is 8.84. The molecular weight excluding hydrogens is 450 g/mol. The number of aromatic amines is 1. The third-order valence-electron chi connectivity index (χ3n) is 4.76. The second-order valence-electron chi connectivity index (χ2n) is 7.83. The van der Waals surface area contributed by atoms with Gasteiger partial charge in [-0.3, -0.25) is 19.1 Å². The normalized spacial score (nSPS) is 11.1. The molecule has 3 rings (SSSR count). The summed E-state index contributed by atoms with van der Waals surface area (Å²) < 4.78 is 28.3. The first-order valence-electron chi connectivity index (χ1n) is 10.2. The summed E-state index contributed by atoms with van der Waals surface area (Å²) in [6, 6.07) is 12.1. The Morgan fingerprint density at radius 2 is 1.85 bits per heavy atom. The van der Waals surface area contributed by atoms with Crippen LogP contribution in [0, 0.1) is 17.6 Å². The van der Waals surface area contributed by atoms with Gasteiger partial charge in [0.2, 0.25) is 5.91 Å². The molecule has 0 fully saturated rings. The molecule has 3 aromatic rings. The zero-order chi connectivity index (χ0) is 24.1. The molecule has 0 saturated carbocycles. The highest BCUT2D eigenvalue weighted by molar-refractivity contribution is 8.00. The van der Waals surface area contributed by atoms with Crippen molar-refractivity contribution in [2.45, 2.75) is 25.3 Å². The standard InChI is InChI=1S/C23H24F2N4O3S/c1-14(2)11-28(19(30)13-33-18-9-8-16(24)10-17(18)25)20-21(26)29(23(32)27-22(20)31)12-15-6-4-3-5-7-15/h3-10,14H,11-13,26H2,1-2H3,(H,27,31,32). The lowest BCUT2D eigenvalue weighted by molar-refractivity contribution is -0.116. The Balaban J connectivity index is 1.95. The molecule has 0 bridgehead atoms. The minimum absolute atomic E-state index is 0.0326. The number of nitrogen functional groups attached to an aromatic ring is 1. The van der Waals surface area contributed by atoms with E-state index in [1.807, 2.05) is 44.2 Å². The van der Waals surface area contributed by atoms with Crippen molar-refractivity contribution in [1.82, 2.24) is 9.55 Å². The van der Waals surface area contributed by atoms with E-state index in [2.05, 4.69) is 4.98 Å². The van der Waals surface area contributed by atoms with E-state index in [1.54, 1.807) is 0 Å². The van der Waals surface area contributed by atoms with E-state index >= 15 is 0 Å². The van der Waals surface area contributed by atoms with E-state index in [9.17, 15) is 23.2 Å². The third-order valence-corrected chi connectivity index (χ3v) is 5.79. The van der Waals surface area contributed by atoms with Crippen LogP contribution in [0.2, 0.25) is 0 Å². The molecule has 10 heteroatoms. The number of H-pyrrole nitrogens is 1. The lowest BCUT2D eigenvalue weighted by Crippen LogP contribution is -2.43. The largest absolute Gasteiger partial charge is 0.383 e. The van der Waals surface area contributed by atoms with Crippen LogP contribution in [0.5, 0.6) is 0 Å². The van der Waals surface area contributed by atoms with E-state index in [0.29, 0.717) is 0 Å². The highest BCUT2D eigenvalue weighted by atomic mass is 32.2. The molecule has 3 N–H and O–H groups in total. The lowest BCUT2D eigenvalue weighted by atomic mass is 10.2. The Bertz CT molecular complexity index is 1260. The zero-order valence-electron chi connectivity index (χ0n) is 18.2. The van der Waals surface area contributed by atoms with Crippen molar-refractivity contribution in [2.75, 3.05) is 22.9 Å². The van der Waals surface area contributed by atoms with Gasteiger partial charge in [-0.15, -0.1) is 11.8 Å². The number of anilines is 2. The van der Waals surface area contributed by atoms with Crippen molar-refractivity contribution < 1.29 is 13.6 Å². The van der Waals surface area contributed by atoms with E-state index in [0.717, 1.165) is 29.5 Å². The molecule has 0 aliphatic rings. The molecule has 7 nitrogen and oxygen atoms in total. The number of hydrogen-bond acceptors (Lipinski definition) is 5. The number of halogens is 2. The van der Waals surface area contributed by atoms with Gasteiger partial charge in [0.1, 0.15) is 17.5 Å². The maximum atomic E-state index is 14.0. The summed E-state index contributed by atoms with van der Waals surface area (Å²) in [5.41, 5.74) is 5.41. The van der Waals surface area contributed by atoms with Gasteiger partial charge in [0.25, 0.3) is 5.56 Å². The number of hydrogen-bond donors (Lipinski definition) is 2. The van der Waals surface area contributed by atoms with Crippen LogP contribution in [0.3, 0.4) is 0 Å². The van der Waals surface area contributed by atoms with Gasteiger partial charge in [-0.1, -0.05) is 44.2 Å². The summed E-state index contributed by atoms with van der Waals surface area (Å²) in [7, 11) is 0. The van der Waals surface area contributed by atoms with Crippen molar-refractivity contribution >= 4 is 29.2 Å². The maximum absolute atomic E-state index is 14.0. The maximum Gasteiger partial charge on any atom is 0.330 e. The number of carbonyl (C=O) groups is 1. The predicted octanol–water partition coefficient (Wildman–Crippen LogP) is 3.23. The van der Waals surface area contributed by atoms with E-state index in [-0.39, 0.29) is 41.2 Å². The Morgan fingerprint density at radius 3 is 2.48 bits per heavy atom. The van der Waals surface area contributed by atoms with E-state index < -0.39 is 28.8 Å². The van der Waals surface area contributed by atoms with Gasteiger partial charge in [-0.2, -0.15) is 0 Å². The van der Waals surface area contributed by atoms with Crippen molar-refractivity contribution in [3.8, 4) is 0 Å². The minimum atomic E-state index is -0.784. The fourth-order valence-electron chi connectivity index (χ4n) is 3.25. The average Bonchev–Trinajstić information content (AvgIpc) is 2.75. The highest BCUT2D eigenvalue weighted by Gasteiger charge is 2.25. The molecule has 2 aromatic carbocycles. The molecule has 1 aromatic heterocycles. The van der Waals surface area contributed by atoms with Crippen LogP contribution >= 0.6 is 11.8 Å². The fourth-order valence-corrected chi connectivity index (χ4v) is 4.05. The summed E-state index contributed by atoms with van der Waals surface area (Å²) in [5, 5.41) is 0. The molecule has 0 radical (unpaired) electrons. The van der Waals surface area contributed by atoms with Crippen LogP contribution in [-0.4, -0.2) is 27.8 Å². The van der Waals surface area contributed by atoms with Crippen LogP contribution in [-0.2, 0) is 11.3 Å². The molecular formula is C23H24F2N4O3S. The van der Waals surface area contributed by atoms with Gasteiger partial charge < -0.3 is 10.6 Å². The first-order valence-corrected chi connectivity index (χ1v) is 11.2. The number of thioether (sulfide) groups is 1. The smallest absolute Gasteiger partial charge is 0.330 e. The Labute approximate surface area is 193 Å². The van der Waals surface area contributed by atoms with Crippen LogP contribution in [0.1, 0.15) is 19.4 Å². The van der Waals surface area contributed by atoms with Gasteiger partial charge in [0, 0.05) is 17.5 Å². The third kappa shape index (κ3) is 5.89. The predicted molar refractivity (Wildman–Crippen MR) is 126 cm³/mol. The first kappa shape index (κ1) is 24.2. The van der Waals surface area contributed by atoms with Gasteiger partial charge >= 0.3 is 5.69 Å². The number of nitrogens with one attached hydrogen (secondary N) is 1. The number of amides is 1. The van der Waals surface area contributed by atoms with Crippen LogP contribution in [0.25, 0.3) is 0 Å². The van der Waals surface area contributed by atoms with E-state index in [4.69, 9.17) is 5.73 Å². The summed E-state index contributed by atoms with van der Waals surface area (Å²) in [6.07, 6.45) is 0. The fraction of sp³-hybridized carbons (Fsp3) is 0.261. The lowest BCUT2D eigenvalue weighted by Gasteiger charge is -2.26. The quantitative estimate of drug-likeness (QED) is 0.488. The highest BCUT2D eigenvalue weighted by Crippen LogP contribution is 2.25. The molecule has 0 saturated heterocycles. The number of rotatable bonds is 8. The number of carbonyl (C=O) groups excluding carboxylic acids is 1. The SMILES string of the molecule is CC(C)CN(C(=O)CSc1ccc(F)cc1F)c1c(N)n(Cc2ccccc2)c(=O)[nH]c1=O. The Morgan fingerprint density at radius 1 is 1.15 bits per heavy atom. The summed E-state index contributed by atoms with van der Waals surface area (Å²) in [6.45, 7) is 3.98. The molecule has 0 aliphatic carbocycles. The second kappa shape index (κ2) is 10.5. The molecule has 0 spiro atoms. The van der Waals surface area contributed by atoms with Gasteiger partial charge in [-0.25, -0.2) is 13.6 Å². The Hall–Kier alpha value is -3.40. The first-order chi connectivity index (χ1) is 15.7. The molecule has 174 valence electrons. The van der Waals surface area contributed by atoms with Crippen LogP contribution < -0.4 is 21.9 Å². The van der Waals surface area contributed by atoms with Gasteiger partial charge in [0.05, 0.1) is 12.3 Å². The summed E-state index contributed by atoms with van der Waals surface area (Å²) in [4.78, 5) is 41.8. The Kier molecular flexibility index (Phi) is 7.70. The molecule has 33 heavy (non-hydrogen) atoms.